The first-order valence-electron chi connectivity index (χ1n) is 10.6. The van der Waals surface area contributed by atoms with Gasteiger partial charge >= 0.3 is 0 Å². The fourth-order valence-corrected chi connectivity index (χ4v) is 4.83. The Morgan fingerprint density at radius 3 is 2.88 bits per heavy atom. The van der Waals surface area contributed by atoms with Crippen LogP contribution in [0.5, 0.6) is 11.5 Å². The van der Waals surface area contributed by atoms with Crippen LogP contribution in [0, 0.1) is 0 Å². The maximum atomic E-state index is 13.2. The monoisotopic (exact) mass is 450 g/mol. The molecule has 0 spiro atoms. The molecule has 8 heteroatoms. The summed E-state index contributed by atoms with van der Waals surface area (Å²) in [5.41, 5.74) is 4.61. The summed E-state index contributed by atoms with van der Waals surface area (Å²) in [6, 6.07) is 10.7. The van der Waals surface area contributed by atoms with E-state index in [1.165, 1.54) is 17.2 Å². The summed E-state index contributed by atoms with van der Waals surface area (Å²) in [6.45, 7) is 3.03. The largest absolute Gasteiger partial charge is 0.507 e. The Hall–Kier alpha value is -3.16. The Kier molecular flexibility index (Phi) is 5.45. The van der Waals surface area contributed by atoms with Crippen molar-refractivity contribution in [2.45, 2.75) is 38.5 Å². The number of phenols is 2. The second-order valence-corrected chi connectivity index (χ2v) is 8.77. The van der Waals surface area contributed by atoms with Gasteiger partial charge in [0, 0.05) is 44.0 Å². The number of aromatic hydroxyl groups is 2. The van der Waals surface area contributed by atoms with Crippen LogP contribution in [0.2, 0.25) is 5.02 Å². The second-order valence-electron chi connectivity index (χ2n) is 8.36. The van der Waals surface area contributed by atoms with Gasteiger partial charge in [0.25, 0.3) is 5.91 Å². The van der Waals surface area contributed by atoms with Crippen LogP contribution in [0.15, 0.2) is 48.9 Å². The number of rotatable bonds is 4. The highest BCUT2D eigenvalue weighted by atomic mass is 35.5. The Balaban J connectivity index is 1.34. The van der Waals surface area contributed by atoms with Crippen molar-refractivity contribution >= 4 is 17.5 Å². The third-order valence-corrected chi connectivity index (χ3v) is 6.50. The molecule has 32 heavy (non-hydrogen) atoms. The van der Waals surface area contributed by atoms with Crippen molar-refractivity contribution in [3.05, 3.63) is 81.9 Å². The third-order valence-electron chi connectivity index (χ3n) is 6.20. The zero-order valence-electron chi connectivity index (χ0n) is 17.4. The minimum absolute atomic E-state index is 0.0418. The summed E-state index contributed by atoms with van der Waals surface area (Å²) in [5, 5.41) is 19.9. The first-order chi connectivity index (χ1) is 15.5. The lowest BCUT2D eigenvalue weighted by Crippen LogP contribution is -2.30. The van der Waals surface area contributed by atoms with E-state index in [1.807, 2.05) is 18.3 Å². The molecule has 2 aliphatic heterocycles. The highest BCUT2D eigenvalue weighted by Crippen LogP contribution is 2.37. The third kappa shape index (κ3) is 3.89. The van der Waals surface area contributed by atoms with Gasteiger partial charge in [-0.25, -0.2) is 9.97 Å². The van der Waals surface area contributed by atoms with Gasteiger partial charge in [0.2, 0.25) is 0 Å². The van der Waals surface area contributed by atoms with Crippen LogP contribution in [0.4, 0.5) is 0 Å². The fourth-order valence-electron chi connectivity index (χ4n) is 4.67. The van der Waals surface area contributed by atoms with Crippen molar-refractivity contribution in [1.29, 1.82) is 0 Å². The van der Waals surface area contributed by atoms with E-state index in [1.54, 1.807) is 11.2 Å². The molecule has 7 nitrogen and oxygen atoms in total. The zero-order chi connectivity index (χ0) is 22.2. The molecule has 3 heterocycles. The molecule has 1 amide bonds. The summed E-state index contributed by atoms with van der Waals surface area (Å²) in [4.78, 5) is 25.8. The van der Waals surface area contributed by atoms with Gasteiger partial charge in [-0.1, -0.05) is 35.9 Å². The maximum Gasteiger partial charge on any atom is 0.258 e. The molecule has 164 valence electrons. The molecule has 0 bridgehead atoms. The molecule has 0 radical (unpaired) electrons. The summed E-state index contributed by atoms with van der Waals surface area (Å²) in [7, 11) is 0. The van der Waals surface area contributed by atoms with Gasteiger partial charge in [-0.15, -0.1) is 0 Å². The predicted molar refractivity (Wildman–Crippen MR) is 119 cm³/mol. The molecule has 0 aliphatic carbocycles. The van der Waals surface area contributed by atoms with Crippen LogP contribution in [0.1, 0.15) is 51.6 Å². The number of nitrogens with zero attached hydrogens (tertiary/aromatic N) is 4. The van der Waals surface area contributed by atoms with Crippen LogP contribution in [-0.2, 0) is 19.6 Å². The molecule has 5 rings (SSSR count). The van der Waals surface area contributed by atoms with Gasteiger partial charge < -0.3 is 15.1 Å². The molecule has 1 fully saturated rings. The second kappa shape index (κ2) is 8.41. The number of amides is 1. The zero-order valence-corrected chi connectivity index (χ0v) is 18.2. The normalized spacial score (nSPS) is 18.2. The molecular formula is C24H23ClN4O3. The average Bonchev–Trinajstić information content (AvgIpc) is 3.42. The van der Waals surface area contributed by atoms with Crippen LogP contribution in [0.25, 0.3) is 0 Å². The number of hydrogen-bond donors (Lipinski definition) is 2. The van der Waals surface area contributed by atoms with Crippen molar-refractivity contribution in [1.82, 2.24) is 19.8 Å². The lowest BCUT2D eigenvalue weighted by molar-refractivity contribution is 0.0732. The molecule has 1 unspecified atom stereocenters. The molecule has 2 aromatic carbocycles. The van der Waals surface area contributed by atoms with Gasteiger partial charge in [-0.2, -0.15) is 0 Å². The molecule has 1 atom stereocenters. The summed E-state index contributed by atoms with van der Waals surface area (Å²) in [6.07, 6.45) is 5.21. The quantitative estimate of drug-likeness (QED) is 0.623. The number of hydrogen-bond acceptors (Lipinski definition) is 6. The van der Waals surface area contributed by atoms with E-state index in [-0.39, 0.29) is 34.0 Å². The number of fused-ring (bicyclic) bond motifs is 1. The Bertz CT molecular complexity index is 1160. The summed E-state index contributed by atoms with van der Waals surface area (Å²) in [5.74, 6) is -0.805. The van der Waals surface area contributed by atoms with Crippen molar-refractivity contribution < 1.29 is 15.0 Å². The number of carbonyl (C=O) groups excluding carboxylic acids is 1. The van der Waals surface area contributed by atoms with Crippen LogP contribution < -0.4 is 0 Å². The van der Waals surface area contributed by atoms with Crippen molar-refractivity contribution in [3.8, 4) is 11.5 Å². The van der Waals surface area contributed by atoms with Crippen molar-refractivity contribution in [3.63, 3.8) is 0 Å². The van der Waals surface area contributed by atoms with E-state index in [0.29, 0.717) is 6.54 Å². The molecule has 2 N–H and O–H groups in total. The maximum absolute atomic E-state index is 13.2. The number of halogens is 1. The van der Waals surface area contributed by atoms with E-state index < -0.39 is 0 Å². The summed E-state index contributed by atoms with van der Waals surface area (Å²) >= 11 is 5.98. The average molecular weight is 451 g/mol. The standard InChI is InChI=1S/C24H23ClN4O3/c25-19-8-18(22(30)9-23(19)31)24(32)29-6-2-5-21(29)16-4-1-3-15(7-16)11-28-12-17-10-26-14-27-20(17)13-28/h1,3-4,7-10,14,21,30-31H,2,5-6,11-13H2. The van der Waals surface area contributed by atoms with Crippen molar-refractivity contribution in [2.24, 2.45) is 0 Å². The number of likely N-dealkylation sites (tertiary alicyclic amines) is 1. The van der Waals surface area contributed by atoms with Gasteiger partial charge in [0.15, 0.2) is 0 Å². The summed E-state index contributed by atoms with van der Waals surface area (Å²) < 4.78 is 0. The van der Waals surface area contributed by atoms with Crippen molar-refractivity contribution in [2.75, 3.05) is 6.54 Å². The first-order valence-corrected chi connectivity index (χ1v) is 11.0. The highest BCUT2D eigenvalue weighted by Gasteiger charge is 2.32. The lowest BCUT2D eigenvalue weighted by atomic mass is 10.0. The number of aromatic nitrogens is 2. The van der Waals surface area contributed by atoms with E-state index in [0.717, 1.165) is 49.8 Å². The van der Waals surface area contributed by atoms with Crippen LogP contribution in [-0.4, -0.2) is 42.4 Å². The number of benzene rings is 2. The minimum Gasteiger partial charge on any atom is -0.507 e. The Morgan fingerprint density at radius 2 is 2.03 bits per heavy atom. The molecule has 1 saturated heterocycles. The van der Waals surface area contributed by atoms with Crippen LogP contribution >= 0.6 is 11.6 Å². The molecule has 3 aromatic rings. The van der Waals surface area contributed by atoms with E-state index in [2.05, 4.69) is 27.0 Å². The highest BCUT2D eigenvalue weighted by molar-refractivity contribution is 6.32. The number of phenolic OH excluding ortho intramolecular Hbond substituents is 2. The van der Waals surface area contributed by atoms with Gasteiger partial charge in [-0.05, 0) is 30.0 Å². The molecular weight excluding hydrogens is 428 g/mol. The Morgan fingerprint density at radius 1 is 1.16 bits per heavy atom. The SMILES string of the molecule is O=C(c1cc(Cl)c(O)cc1O)N1CCCC1c1cccc(CN2Cc3cncnc3C2)c1. The molecule has 0 saturated carbocycles. The first kappa shape index (κ1) is 20.7. The van der Waals surface area contributed by atoms with E-state index in [9.17, 15) is 15.0 Å². The van der Waals surface area contributed by atoms with E-state index >= 15 is 0 Å². The van der Waals surface area contributed by atoms with Gasteiger partial charge in [0.1, 0.15) is 17.8 Å². The van der Waals surface area contributed by atoms with Gasteiger partial charge in [-0.3, -0.25) is 9.69 Å². The topological polar surface area (TPSA) is 89.8 Å². The molecule has 1 aromatic heterocycles. The lowest BCUT2D eigenvalue weighted by Gasteiger charge is -2.26. The molecule has 2 aliphatic rings. The van der Waals surface area contributed by atoms with Crippen LogP contribution in [0.3, 0.4) is 0 Å². The predicted octanol–water partition coefficient (Wildman–Crippen LogP) is 4.03. The Labute approximate surface area is 190 Å². The minimum atomic E-state index is -0.286. The van der Waals surface area contributed by atoms with Gasteiger partial charge in [0.05, 0.1) is 22.3 Å². The smallest absolute Gasteiger partial charge is 0.258 e. The van der Waals surface area contributed by atoms with E-state index in [4.69, 9.17) is 11.6 Å². The number of carbonyl (C=O) groups is 1. The fraction of sp³-hybridized carbons (Fsp3) is 0.292.